The second-order valence-corrected chi connectivity index (χ2v) is 6.89. The zero-order valence-corrected chi connectivity index (χ0v) is 11.0. The van der Waals surface area contributed by atoms with E-state index in [1.807, 2.05) is 0 Å². The Morgan fingerprint density at radius 3 is 2.21 bits per heavy atom. The Morgan fingerprint density at radius 1 is 1.16 bits per heavy atom. The molecule has 0 saturated heterocycles. The minimum absolute atomic E-state index is 0.0832. The molecule has 102 valence electrons. The first-order valence-corrected chi connectivity index (χ1v) is 7.25. The summed E-state index contributed by atoms with van der Waals surface area (Å²) in [7, 11) is 0. The van der Waals surface area contributed by atoms with Gasteiger partial charge in [-0.05, 0) is 61.4 Å². The van der Waals surface area contributed by atoms with E-state index in [2.05, 4.69) is 14.9 Å². The van der Waals surface area contributed by atoms with Crippen molar-refractivity contribution >= 4 is 11.6 Å². The molecule has 0 atom stereocenters. The lowest BCUT2D eigenvalue weighted by Crippen LogP contribution is -2.50. The van der Waals surface area contributed by atoms with Crippen LogP contribution in [0.4, 0.5) is 5.82 Å². The zero-order valence-electron chi connectivity index (χ0n) is 11.0. The van der Waals surface area contributed by atoms with Crippen LogP contribution in [0.3, 0.4) is 0 Å². The zero-order chi connectivity index (χ0) is 13.0. The fraction of sp³-hybridized carbons (Fsp3) is 0.786. The number of carbonyl (C=O) groups excluding carboxylic acids is 1. The fourth-order valence-corrected chi connectivity index (χ4v) is 5.13. The predicted molar refractivity (Wildman–Crippen MR) is 68.0 cm³/mol. The molecule has 4 saturated carbocycles. The molecule has 5 nitrogen and oxygen atoms in total. The van der Waals surface area contributed by atoms with Gasteiger partial charge in [-0.1, -0.05) is 5.16 Å². The number of Topliss-reactive ketones (excluding diaryl/α,β-unsaturated/α-hetero) is 1. The number of anilines is 1. The van der Waals surface area contributed by atoms with Crippen molar-refractivity contribution in [3.05, 3.63) is 5.69 Å². The van der Waals surface area contributed by atoms with Crippen LogP contribution in [0.25, 0.3) is 0 Å². The minimum Gasteiger partial charge on any atom is -0.379 e. The second-order valence-electron chi connectivity index (χ2n) is 6.89. The number of rotatable bonds is 3. The molecule has 5 rings (SSSR count). The molecular formula is C14H19N3O2. The van der Waals surface area contributed by atoms with Crippen molar-refractivity contribution in [3.8, 4) is 0 Å². The molecule has 4 bridgehead atoms. The molecule has 0 unspecified atom stereocenters. The summed E-state index contributed by atoms with van der Waals surface area (Å²) in [5.74, 6) is 2.92. The molecule has 4 fully saturated rings. The van der Waals surface area contributed by atoms with Crippen LogP contribution in [0.1, 0.15) is 44.2 Å². The third-order valence-corrected chi connectivity index (χ3v) is 5.54. The highest BCUT2D eigenvalue weighted by Crippen LogP contribution is 2.60. The Morgan fingerprint density at radius 2 is 1.74 bits per heavy atom. The number of hydrogen-bond acceptors (Lipinski definition) is 5. The maximum atomic E-state index is 12.8. The number of aromatic nitrogens is 2. The molecule has 0 spiro atoms. The average Bonchev–Trinajstić information content (AvgIpc) is 2.73. The van der Waals surface area contributed by atoms with E-state index in [1.54, 1.807) is 0 Å². The van der Waals surface area contributed by atoms with Gasteiger partial charge in [0.25, 0.3) is 0 Å². The molecule has 0 amide bonds. The van der Waals surface area contributed by atoms with Crippen molar-refractivity contribution in [1.82, 2.24) is 10.3 Å². The normalized spacial score (nSPS) is 39.7. The van der Waals surface area contributed by atoms with Crippen LogP contribution in [0.2, 0.25) is 0 Å². The molecule has 4 aliphatic carbocycles. The second kappa shape index (κ2) is 3.81. The van der Waals surface area contributed by atoms with E-state index in [0.717, 1.165) is 37.0 Å². The highest BCUT2D eigenvalue weighted by molar-refractivity contribution is 5.87. The number of ketones is 1. The monoisotopic (exact) mass is 261 g/mol. The molecule has 0 aliphatic heterocycles. The summed E-state index contributed by atoms with van der Waals surface area (Å²) in [6.45, 7) is 0. The first-order chi connectivity index (χ1) is 9.14. The van der Waals surface area contributed by atoms with Gasteiger partial charge in [0, 0.05) is 5.41 Å². The third-order valence-electron chi connectivity index (χ3n) is 5.54. The van der Waals surface area contributed by atoms with E-state index in [9.17, 15) is 4.79 Å². The van der Waals surface area contributed by atoms with Gasteiger partial charge >= 0.3 is 0 Å². The van der Waals surface area contributed by atoms with Crippen LogP contribution in [0.15, 0.2) is 4.63 Å². The summed E-state index contributed by atoms with van der Waals surface area (Å²) in [5.41, 5.74) is 6.09. The van der Waals surface area contributed by atoms with Crippen molar-refractivity contribution in [2.45, 2.75) is 44.9 Å². The summed E-state index contributed by atoms with van der Waals surface area (Å²) in [4.78, 5) is 12.8. The van der Waals surface area contributed by atoms with Crippen molar-refractivity contribution in [2.24, 2.45) is 23.2 Å². The van der Waals surface area contributed by atoms with Gasteiger partial charge in [-0.15, -0.1) is 0 Å². The summed E-state index contributed by atoms with van der Waals surface area (Å²) in [5, 5.41) is 7.31. The van der Waals surface area contributed by atoms with E-state index in [-0.39, 0.29) is 11.2 Å². The maximum absolute atomic E-state index is 12.8. The van der Waals surface area contributed by atoms with Crippen LogP contribution in [-0.4, -0.2) is 16.1 Å². The molecular weight excluding hydrogens is 242 g/mol. The smallest absolute Gasteiger partial charge is 0.191 e. The first-order valence-electron chi connectivity index (χ1n) is 7.25. The van der Waals surface area contributed by atoms with Crippen molar-refractivity contribution in [1.29, 1.82) is 0 Å². The first kappa shape index (κ1) is 11.4. The van der Waals surface area contributed by atoms with E-state index >= 15 is 0 Å². The summed E-state index contributed by atoms with van der Waals surface area (Å²) < 4.78 is 4.59. The molecule has 1 heterocycles. The molecule has 1 aromatic heterocycles. The molecule has 4 aliphatic rings. The Kier molecular flexibility index (Phi) is 2.29. The summed E-state index contributed by atoms with van der Waals surface area (Å²) in [6.07, 6.45) is 7.59. The van der Waals surface area contributed by atoms with Gasteiger partial charge in [-0.3, -0.25) is 4.79 Å². The third kappa shape index (κ3) is 1.70. The van der Waals surface area contributed by atoms with Gasteiger partial charge in [-0.25, -0.2) is 4.63 Å². The van der Waals surface area contributed by atoms with Gasteiger partial charge in [0.2, 0.25) is 0 Å². The number of nitrogen functional groups attached to an aromatic ring is 1. The fourth-order valence-electron chi connectivity index (χ4n) is 5.13. The van der Waals surface area contributed by atoms with Crippen LogP contribution < -0.4 is 5.73 Å². The number of carbonyl (C=O) groups is 1. The van der Waals surface area contributed by atoms with Gasteiger partial charge in [0.05, 0.1) is 6.42 Å². The Labute approximate surface area is 111 Å². The largest absolute Gasteiger partial charge is 0.379 e. The number of nitrogens with two attached hydrogens (primary N) is 1. The van der Waals surface area contributed by atoms with E-state index < -0.39 is 0 Å². The maximum Gasteiger partial charge on any atom is 0.191 e. The minimum atomic E-state index is -0.0832. The average molecular weight is 261 g/mol. The Bertz CT molecular complexity index is 487. The molecule has 0 aromatic carbocycles. The van der Waals surface area contributed by atoms with Crippen molar-refractivity contribution < 1.29 is 9.42 Å². The predicted octanol–water partition coefficient (Wildman–Crippen LogP) is 1.98. The van der Waals surface area contributed by atoms with Crippen LogP contribution in [0, 0.1) is 23.2 Å². The van der Waals surface area contributed by atoms with E-state index in [0.29, 0.717) is 17.9 Å². The molecule has 0 radical (unpaired) electrons. The lowest BCUT2D eigenvalue weighted by atomic mass is 9.48. The van der Waals surface area contributed by atoms with Crippen molar-refractivity contribution in [3.63, 3.8) is 0 Å². The quantitative estimate of drug-likeness (QED) is 0.899. The number of hydrogen-bond donors (Lipinski definition) is 1. The van der Waals surface area contributed by atoms with Crippen LogP contribution in [0.5, 0.6) is 0 Å². The van der Waals surface area contributed by atoms with Gasteiger partial charge in [0.1, 0.15) is 11.5 Å². The van der Waals surface area contributed by atoms with Gasteiger partial charge in [0.15, 0.2) is 5.82 Å². The Hall–Kier alpha value is -1.39. The van der Waals surface area contributed by atoms with Crippen LogP contribution in [-0.2, 0) is 11.2 Å². The van der Waals surface area contributed by atoms with Gasteiger partial charge < -0.3 is 5.73 Å². The number of nitrogens with zero attached hydrogens (tertiary/aromatic N) is 2. The summed E-state index contributed by atoms with van der Waals surface area (Å²) in [6, 6.07) is 0. The van der Waals surface area contributed by atoms with Crippen LogP contribution >= 0.6 is 0 Å². The van der Waals surface area contributed by atoms with Crippen molar-refractivity contribution in [2.75, 3.05) is 5.73 Å². The SMILES string of the molecule is Nc1nonc1CC(=O)C12CC3CC(CC(C3)C1)C2. The molecule has 1 aromatic rings. The van der Waals surface area contributed by atoms with E-state index in [4.69, 9.17) is 5.73 Å². The molecule has 19 heavy (non-hydrogen) atoms. The van der Waals surface area contributed by atoms with E-state index in [1.165, 1.54) is 19.3 Å². The topological polar surface area (TPSA) is 82.0 Å². The molecule has 5 heteroatoms. The lowest BCUT2D eigenvalue weighted by Gasteiger charge is -2.56. The molecule has 2 N–H and O–H groups in total. The highest BCUT2D eigenvalue weighted by Gasteiger charge is 2.54. The summed E-state index contributed by atoms with van der Waals surface area (Å²) >= 11 is 0. The lowest BCUT2D eigenvalue weighted by molar-refractivity contribution is -0.143. The standard InChI is InChI=1S/C14H19N3O2/c15-13-11(16-19-17-13)4-12(18)14-5-8-1-9(6-14)3-10(2-8)7-14/h8-10H,1-7H2,(H2,15,17). The Balaban J connectivity index is 1.58. The highest BCUT2D eigenvalue weighted by atomic mass is 16.6. The van der Waals surface area contributed by atoms with Gasteiger partial charge in [-0.2, -0.15) is 0 Å².